The van der Waals surface area contributed by atoms with Gasteiger partial charge in [0.25, 0.3) is 5.91 Å². The summed E-state index contributed by atoms with van der Waals surface area (Å²) in [5.41, 5.74) is 4.00. The number of anilines is 1. The lowest BCUT2D eigenvalue weighted by molar-refractivity contribution is 0.103. The smallest absolute Gasteiger partial charge is 0.265 e. The van der Waals surface area contributed by atoms with Gasteiger partial charge in [-0.25, -0.2) is 0 Å². The lowest BCUT2D eigenvalue weighted by atomic mass is 10.1. The fraction of sp³-hybridized carbons (Fsp3) is 0.190. The van der Waals surface area contributed by atoms with Gasteiger partial charge in [0.05, 0.1) is 4.88 Å². The van der Waals surface area contributed by atoms with Crippen molar-refractivity contribution in [3.63, 3.8) is 0 Å². The number of carbonyl (C=O) groups is 1. The van der Waals surface area contributed by atoms with Gasteiger partial charge in [0.1, 0.15) is 12.4 Å². The molecular formula is C21H19NO4S. The molecule has 3 aromatic rings. The van der Waals surface area contributed by atoms with Crippen LogP contribution in [-0.2, 0) is 6.61 Å². The fourth-order valence-corrected chi connectivity index (χ4v) is 3.63. The Kier molecular flexibility index (Phi) is 4.73. The summed E-state index contributed by atoms with van der Waals surface area (Å²) in [5, 5.41) is 4.90. The van der Waals surface area contributed by atoms with E-state index in [1.807, 2.05) is 55.6 Å². The maximum Gasteiger partial charge on any atom is 0.265 e. The largest absolute Gasteiger partial charge is 0.489 e. The second-order valence-electron chi connectivity index (χ2n) is 6.40. The summed E-state index contributed by atoms with van der Waals surface area (Å²) in [6.45, 7) is 4.64. The average Bonchev–Trinajstić information content (AvgIpc) is 3.31. The number of hydrogen-bond acceptors (Lipinski definition) is 5. The highest BCUT2D eigenvalue weighted by Crippen LogP contribution is 2.35. The molecule has 4 rings (SSSR count). The Morgan fingerprint density at radius 3 is 2.81 bits per heavy atom. The zero-order chi connectivity index (χ0) is 18.8. The molecule has 138 valence electrons. The van der Waals surface area contributed by atoms with Crippen LogP contribution in [-0.4, -0.2) is 12.7 Å². The fourth-order valence-electron chi connectivity index (χ4n) is 2.84. The first-order chi connectivity index (χ1) is 13.1. The van der Waals surface area contributed by atoms with Gasteiger partial charge >= 0.3 is 0 Å². The Hall–Kier alpha value is -2.99. The normalized spacial score (nSPS) is 12.1. The summed E-state index contributed by atoms with van der Waals surface area (Å²) in [6.07, 6.45) is 0. The van der Waals surface area contributed by atoms with Crippen LogP contribution >= 0.6 is 11.3 Å². The van der Waals surface area contributed by atoms with Crippen LogP contribution in [0.4, 0.5) is 5.69 Å². The molecular weight excluding hydrogens is 362 g/mol. The van der Waals surface area contributed by atoms with Crippen LogP contribution in [0.3, 0.4) is 0 Å². The molecule has 0 spiro atoms. The van der Waals surface area contributed by atoms with E-state index in [2.05, 4.69) is 11.4 Å². The van der Waals surface area contributed by atoms with Crippen LogP contribution in [0.1, 0.15) is 26.4 Å². The molecule has 2 aromatic carbocycles. The first-order valence-corrected chi connectivity index (χ1v) is 9.45. The van der Waals surface area contributed by atoms with Crippen LogP contribution in [0.25, 0.3) is 0 Å². The number of aryl methyl sites for hydroxylation is 2. The number of thiophene rings is 1. The number of nitrogens with one attached hydrogen (secondary N) is 1. The van der Waals surface area contributed by atoms with Crippen LogP contribution in [0.2, 0.25) is 0 Å². The van der Waals surface area contributed by atoms with E-state index in [-0.39, 0.29) is 12.7 Å². The van der Waals surface area contributed by atoms with E-state index < -0.39 is 0 Å². The third kappa shape index (κ3) is 3.90. The zero-order valence-corrected chi connectivity index (χ0v) is 15.9. The predicted molar refractivity (Wildman–Crippen MR) is 105 cm³/mol. The summed E-state index contributed by atoms with van der Waals surface area (Å²) >= 11 is 1.40. The van der Waals surface area contributed by atoms with Crippen molar-refractivity contribution in [2.24, 2.45) is 0 Å². The summed E-state index contributed by atoms with van der Waals surface area (Å²) in [7, 11) is 0. The van der Waals surface area contributed by atoms with Crippen LogP contribution in [0.15, 0.2) is 47.8 Å². The molecule has 2 heterocycles. The molecule has 1 aliphatic heterocycles. The highest BCUT2D eigenvalue weighted by atomic mass is 32.1. The van der Waals surface area contributed by atoms with E-state index in [9.17, 15) is 4.79 Å². The van der Waals surface area contributed by atoms with Crippen molar-refractivity contribution in [3.8, 4) is 17.2 Å². The minimum atomic E-state index is -0.110. The molecule has 0 fully saturated rings. The molecule has 0 bridgehead atoms. The van der Waals surface area contributed by atoms with E-state index in [0.717, 1.165) is 22.6 Å². The highest BCUT2D eigenvalue weighted by molar-refractivity contribution is 7.12. The first kappa shape index (κ1) is 17.4. The van der Waals surface area contributed by atoms with Gasteiger partial charge in [-0.2, -0.15) is 0 Å². The quantitative estimate of drug-likeness (QED) is 0.681. The standard InChI is InChI=1S/C21H19NO4S/c1-13-3-5-17(14(2)7-13)22-21(23)20-8-15(11-27-20)10-24-16-4-6-18-19(9-16)26-12-25-18/h3-9,11H,10,12H2,1-2H3,(H,22,23). The molecule has 6 heteroatoms. The molecule has 0 saturated heterocycles. The molecule has 5 nitrogen and oxygen atoms in total. The first-order valence-electron chi connectivity index (χ1n) is 8.57. The van der Waals surface area contributed by atoms with E-state index in [0.29, 0.717) is 23.0 Å². The van der Waals surface area contributed by atoms with Gasteiger partial charge in [0, 0.05) is 17.3 Å². The SMILES string of the molecule is Cc1ccc(NC(=O)c2cc(COc3ccc4c(c3)OCO4)cs2)c(C)c1. The molecule has 0 radical (unpaired) electrons. The Morgan fingerprint density at radius 2 is 1.96 bits per heavy atom. The number of ether oxygens (including phenoxy) is 3. The third-order valence-electron chi connectivity index (χ3n) is 4.26. The summed E-state index contributed by atoms with van der Waals surface area (Å²) in [6, 6.07) is 13.3. The second-order valence-corrected chi connectivity index (χ2v) is 7.31. The summed E-state index contributed by atoms with van der Waals surface area (Å²) in [5.74, 6) is 2.00. The molecule has 0 saturated carbocycles. The van der Waals surface area contributed by atoms with Gasteiger partial charge < -0.3 is 19.5 Å². The number of carbonyl (C=O) groups excluding carboxylic acids is 1. The molecule has 1 aromatic heterocycles. The number of hydrogen-bond donors (Lipinski definition) is 1. The number of amides is 1. The van der Waals surface area contributed by atoms with Gasteiger partial charge in [0.2, 0.25) is 6.79 Å². The summed E-state index contributed by atoms with van der Waals surface area (Å²) < 4.78 is 16.4. The molecule has 1 N–H and O–H groups in total. The van der Waals surface area contributed by atoms with Gasteiger partial charge in [-0.3, -0.25) is 4.79 Å². The average molecular weight is 381 g/mol. The second kappa shape index (κ2) is 7.32. The monoisotopic (exact) mass is 381 g/mol. The van der Waals surface area contributed by atoms with Crippen molar-refractivity contribution < 1.29 is 19.0 Å². The van der Waals surface area contributed by atoms with Crippen molar-refractivity contribution in [1.29, 1.82) is 0 Å². The zero-order valence-electron chi connectivity index (χ0n) is 15.1. The third-order valence-corrected chi connectivity index (χ3v) is 5.23. The lowest BCUT2D eigenvalue weighted by Crippen LogP contribution is -2.11. The molecule has 0 aliphatic carbocycles. The topological polar surface area (TPSA) is 56.8 Å². The van der Waals surface area contributed by atoms with Crippen molar-refractivity contribution in [3.05, 3.63) is 69.4 Å². The van der Waals surface area contributed by atoms with Gasteiger partial charge in [-0.05, 0) is 49.1 Å². The van der Waals surface area contributed by atoms with Crippen LogP contribution in [0, 0.1) is 13.8 Å². The Bertz CT molecular complexity index is 996. The van der Waals surface area contributed by atoms with Gasteiger partial charge in [-0.15, -0.1) is 11.3 Å². The van der Waals surface area contributed by atoms with Crippen molar-refractivity contribution in [2.75, 3.05) is 12.1 Å². The Labute approximate surface area is 161 Å². The summed E-state index contributed by atoms with van der Waals surface area (Å²) in [4.78, 5) is 13.1. The lowest BCUT2D eigenvalue weighted by Gasteiger charge is -2.08. The van der Waals surface area contributed by atoms with Gasteiger partial charge in [-0.1, -0.05) is 17.7 Å². The van der Waals surface area contributed by atoms with Crippen molar-refractivity contribution in [2.45, 2.75) is 20.5 Å². The maximum absolute atomic E-state index is 12.5. The van der Waals surface area contributed by atoms with Crippen molar-refractivity contribution in [1.82, 2.24) is 0 Å². The molecule has 27 heavy (non-hydrogen) atoms. The van der Waals surface area contributed by atoms with E-state index in [4.69, 9.17) is 14.2 Å². The van der Waals surface area contributed by atoms with E-state index in [1.165, 1.54) is 16.9 Å². The number of benzene rings is 2. The Morgan fingerprint density at radius 1 is 1.11 bits per heavy atom. The number of fused-ring (bicyclic) bond motifs is 1. The minimum Gasteiger partial charge on any atom is -0.489 e. The minimum absolute atomic E-state index is 0.110. The molecule has 0 unspecified atom stereocenters. The van der Waals surface area contributed by atoms with Crippen LogP contribution in [0.5, 0.6) is 17.2 Å². The van der Waals surface area contributed by atoms with Gasteiger partial charge in [0.15, 0.2) is 11.5 Å². The Balaban J connectivity index is 1.38. The van der Waals surface area contributed by atoms with Crippen LogP contribution < -0.4 is 19.5 Å². The van der Waals surface area contributed by atoms with Crippen molar-refractivity contribution >= 4 is 22.9 Å². The molecule has 1 aliphatic rings. The molecule has 1 amide bonds. The highest BCUT2D eigenvalue weighted by Gasteiger charge is 2.14. The van der Waals surface area contributed by atoms with E-state index in [1.54, 1.807) is 0 Å². The molecule has 0 atom stereocenters. The maximum atomic E-state index is 12.5. The van der Waals surface area contributed by atoms with E-state index >= 15 is 0 Å². The predicted octanol–water partition coefficient (Wildman–Crippen LogP) is 4.92. The number of rotatable bonds is 5.